The van der Waals surface area contributed by atoms with E-state index in [1.54, 1.807) is 12.0 Å². The lowest BCUT2D eigenvalue weighted by Gasteiger charge is -2.28. The molecule has 0 unspecified atom stereocenters. The summed E-state index contributed by atoms with van der Waals surface area (Å²) >= 11 is 0. The second-order valence-electron chi connectivity index (χ2n) is 6.26. The molecule has 0 aromatic heterocycles. The van der Waals surface area contributed by atoms with Crippen LogP contribution in [0.1, 0.15) is 31.2 Å². The van der Waals surface area contributed by atoms with Gasteiger partial charge in [0.25, 0.3) is 0 Å². The zero-order valence-electron chi connectivity index (χ0n) is 10.4. The third-order valence-corrected chi connectivity index (χ3v) is 5.32. The largest absolute Gasteiger partial charge is 0.371 e. The van der Waals surface area contributed by atoms with Gasteiger partial charge in [0.15, 0.2) is 0 Å². The molecule has 1 heteroatoms. The van der Waals surface area contributed by atoms with E-state index >= 15 is 0 Å². The molecule has 0 amide bonds. The fraction of sp³-hybridized carbons (Fsp3) is 0.625. The Hall–Kier alpha value is -0.980. The molecule has 0 saturated heterocycles. The molecule has 2 bridgehead atoms. The van der Waals surface area contributed by atoms with Crippen LogP contribution in [0.25, 0.3) is 0 Å². The second-order valence-corrected chi connectivity index (χ2v) is 6.26. The third kappa shape index (κ3) is 1.59. The number of hydrogen-bond donors (Lipinski definition) is 0. The summed E-state index contributed by atoms with van der Waals surface area (Å²) in [6.45, 7) is 2.59. The summed E-state index contributed by atoms with van der Waals surface area (Å²) in [7, 11) is 0. The first kappa shape index (κ1) is 9.99. The molecule has 17 heavy (non-hydrogen) atoms. The van der Waals surface area contributed by atoms with Gasteiger partial charge in [0.1, 0.15) is 0 Å². The van der Waals surface area contributed by atoms with E-state index in [-0.39, 0.29) is 0 Å². The van der Waals surface area contributed by atoms with Gasteiger partial charge in [-0.25, -0.2) is 0 Å². The van der Waals surface area contributed by atoms with Crippen LogP contribution in [-0.2, 0) is 6.42 Å². The molecular formula is C16H21N. The quantitative estimate of drug-likeness (QED) is 0.747. The highest BCUT2D eigenvalue weighted by molar-refractivity contribution is 5.57. The Labute approximate surface area is 104 Å². The van der Waals surface area contributed by atoms with E-state index in [1.165, 1.54) is 44.5 Å². The van der Waals surface area contributed by atoms with Crippen LogP contribution in [0.4, 0.5) is 5.69 Å². The summed E-state index contributed by atoms with van der Waals surface area (Å²) in [5.74, 6) is 3.15. The number of nitrogens with zero attached hydrogens (tertiary/aromatic N) is 1. The van der Waals surface area contributed by atoms with Crippen molar-refractivity contribution < 1.29 is 0 Å². The van der Waals surface area contributed by atoms with Gasteiger partial charge in [0.05, 0.1) is 0 Å². The van der Waals surface area contributed by atoms with Crippen molar-refractivity contribution in [3.8, 4) is 0 Å². The van der Waals surface area contributed by atoms with Crippen LogP contribution in [0.15, 0.2) is 24.3 Å². The molecule has 4 rings (SSSR count). The maximum Gasteiger partial charge on any atom is 0.0399 e. The van der Waals surface area contributed by atoms with Gasteiger partial charge in [-0.05, 0) is 55.1 Å². The van der Waals surface area contributed by atoms with E-state index in [1.807, 2.05) is 0 Å². The van der Waals surface area contributed by atoms with Crippen molar-refractivity contribution in [1.29, 1.82) is 0 Å². The van der Waals surface area contributed by atoms with Crippen LogP contribution < -0.4 is 4.90 Å². The van der Waals surface area contributed by atoms with Crippen molar-refractivity contribution in [3.05, 3.63) is 29.8 Å². The van der Waals surface area contributed by atoms with E-state index in [4.69, 9.17) is 0 Å². The van der Waals surface area contributed by atoms with Gasteiger partial charge >= 0.3 is 0 Å². The highest BCUT2D eigenvalue weighted by Gasteiger charge is 2.40. The predicted molar refractivity (Wildman–Crippen MR) is 71.3 cm³/mol. The van der Waals surface area contributed by atoms with Gasteiger partial charge < -0.3 is 4.90 Å². The minimum atomic E-state index is 1.000. The summed E-state index contributed by atoms with van der Waals surface area (Å²) in [5.41, 5.74) is 3.09. The first-order valence-corrected chi connectivity index (χ1v) is 7.23. The Morgan fingerprint density at radius 1 is 1.12 bits per heavy atom. The molecule has 1 aromatic carbocycles. The van der Waals surface area contributed by atoms with E-state index < -0.39 is 0 Å². The Morgan fingerprint density at radius 3 is 2.88 bits per heavy atom. The van der Waals surface area contributed by atoms with Gasteiger partial charge in [-0.3, -0.25) is 0 Å². The maximum absolute atomic E-state index is 2.65. The summed E-state index contributed by atoms with van der Waals surface area (Å²) in [6, 6.07) is 8.99. The average Bonchev–Trinajstić information content (AvgIpc) is 3.05. The zero-order valence-corrected chi connectivity index (χ0v) is 10.4. The lowest BCUT2D eigenvalue weighted by atomic mass is 9.88. The van der Waals surface area contributed by atoms with Crippen molar-refractivity contribution in [1.82, 2.24) is 0 Å². The Balaban J connectivity index is 1.51. The van der Waals surface area contributed by atoms with Crippen LogP contribution >= 0.6 is 0 Å². The Bertz CT molecular complexity index is 425. The Kier molecular flexibility index (Phi) is 2.21. The third-order valence-electron chi connectivity index (χ3n) is 5.32. The van der Waals surface area contributed by atoms with E-state index in [0.717, 1.165) is 17.8 Å². The van der Waals surface area contributed by atoms with Crippen LogP contribution in [-0.4, -0.2) is 13.1 Å². The lowest BCUT2D eigenvalue weighted by Crippen LogP contribution is -2.30. The average molecular weight is 227 g/mol. The fourth-order valence-corrected chi connectivity index (χ4v) is 4.48. The summed E-state index contributed by atoms with van der Waals surface area (Å²) in [6.07, 6.45) is 7.36. The molecule has 2 fully saturated rings. The van der Waals surface area contributed by atoms with Gasteiger partial charge in [0, 0.05) is 18.8 Å². The monoisotopic (exact) mass is 227 g/mol. The molecule has 1 nitrogen and oxygen atoms in total. The summed E-state index contributed by atoms with van der Waals surface area (Å²) in [5, 5.41) is 0. The minimum Gasteiger partial charge on any atom is -0.371 e. The van der Waals surface area contributed by atoms with Crippen molar-refractivity contribution in [2.75, 3.05) is 18.0 Å². The summed E-state index contributed by atoms with van der Waals surface area (Å²) < 4.78 is 0. The van der Waals surface area contributed by atoms with Crippen LogP contribution in [0.2, 0.25) is 0 Å². The minimum absolute atomic E-state index is 1.000. The normalized spacial score (nSPS) is 34.4. The zero-order chi connectivity index (χ0) is 11.2. The van der Waals surface area contributed by atoms with Crippen molar-refractivity contribution >= 4 is 5.69 Å². The second kappa shape index (κ2) is 3.76. The SMILES string of the molecule is c1ccc2c(c1)CCN2C[C@@H]1C[C@H]2CC[C@@H]1C2. The lowest BCUT2D eigenvalue weighted by molar-refractivity contribution is 0.335. The topological polar surface area (TPSA) is 3.24 Å². The molecule has 0 spiro atoms. The first-order valence-electron chi connectivity index (χ1n) is 7.23. The van der Waals surface area contributed by atoms with Gasteiger partial charge in [-0.15, -0.1) is 0 Å². The molecule has 3 atom stereocenters. The first-order chi connectivity index (χ1) is 8.40. The summed E-state index contributed by atoms with van der Waals surface area (Å²) in [4.78, 5) is 2.65. The molecule has 1 aromatic rings. The van der Waals surface area contributed by atoms with E-state index in [2.05, 4.69) is 29.2 Å². The molecule has 0 N–H and O–H groups in total. The molecule has 1 aliphatic heterocycles. The van der Waals surface area contributed by atoms with Crippen molar-refractivity contribution in [3.63, 3.8) is 0 Å². The number of benzene rings is 1. The molecule has 2 saturated carbocycles. The molecule has 1 heterocycles. The smallest absolute Gasteiger partial charge is 0.0399 e. The van der Waals surface area contributed by atoms with Crippen molar-refractivity contribution in [2.24, 2.45) is 17.8 Å². The van der Waals surface area contributed by atoms with Gasteiger partial charge in [0.2, 0.25) is 0 Å². The standard InChI is InChI=1S/C16H21N/c1-2-4-16-13(3-1)7-8-17(16)11-15-10-12-5-6-14(15)9-12/h1-4,12,14-15H,5-11H2/t12-,14+,15-/m0/s1. The number of rotatable bonds is 2. The van der Waals surface area contributed by atoms with Crippen LogP contribution in [0.3, 0.4) is 0 Å². The molecule has 2 aliphatic carbocycles. The number of hydrogen-bond acceptors (Lipinski definition) is 1. The predicted octanol–water partition coefficient (Wildman–Crippen LogP) is 3.49. The van der Waals surface area contributed by atoms with Crippen molar-refractivity contribution in [2.45, 2.75) is 32.1 Å². The number of fused-ring (bicyclic) bond motifs is 3. The molecule has 90 valence electrons. The fourth-order valence-electron chi connectivity index (χ4n) is 4.48. The number of anilines is 1. The number of para-hydroxylation sites is 1. The van der Waals surface area contributed by atoms with Crippen LogP contribution in [0.5, 0.6) is 0 Å². The molecule has 0 radical (unpaired) electrons. The maximum atomic E-state index is 2.65. The highest BCUT2D eigenvalue weighted by Crippen LogP contribution is 2.49. The van der Waals surface area contributed by atoms with Gasteiger partial charge in [-0.1, -0.05) is 24.6 Å². The van der Waals surface area contributed by atoms with E-state index in [0.29, 0.717) is 0 Å². The highest BCUT2D eigenvalue weighted by atomic mass is 15.1. The van der Waals surface area contributed by atoms with Gasteiger partial charge in [-0.2, -0.15) is 0 Å². The molecule has 3 aliphatic rings. The van der Waals surface area contributed by atoms with Crippen LogP contribution in [0, 0.1) is 17.8 Å². The Morgan fingerprint density at radius 2 is 2.06 bits per heavy atom. The van der Waals surface area contributed by atoms with E-state index in [9.17, 15) is 0 Å². The molecular weight excluding hydrogens is 206 g/mol.